The van der Waals surface area contributed by atoms with Gasteiger partial charge in [0.15, 0.2) is 5.60 Å². The van der Waals surface area contributed by atoms with Gasteiger partial charge >= 0.3 is 6.18 Å². The van der Waals surface area contributed by atoms with Crippen LogP contribution in [0.4, 0.5) is 23.2 Å². The highest BCUT2D eigenvalue weighted by Crippen LogP contribution is 2.52. The quantitative estimate of drug-likeness (QED) is 0.500. The van der Waals surface area contributed by atoms with Gasteiger partial charge in [0.25, 0.3) is 5.91 Å². The van der Waals surface area contributed by atoms with Gasteiger partial charge < -0.3 is 29.7 Å². The van der Waals surface area contributed by atoms with Crippen molar-refractivity contribution in [2.75, 3.05) is 26.1 Å². The second-order valence-electron chi connectivity index (χ2n) is 8.28. The minimum absolute atomic E-state index is 0.0196. The number of carbonyl (C=O) groups excluding carboxylic acids is 1. The molecule has 1 aliphatic heterocycles. The van der Waals surface area contributed by atoms with E-state index in [-0.39, 0.29) is 28.3 Å². The third-order valence-corrected chi connectivity index (χ3v) is 6.14. The monoisotopic (exact) mass is 502 g/mol. The van der Waals surface area contributed by atoms with Gasteiger partial charge in [-0.3, -0.25) is 9.78 Å². The number of rotatable bonds is 7. The zero-order valence-electron chi connectivity index (χ0n) is 19.4. The summed E-state index contributed by atoms with van der Waals surface area (Å²) in [7, 11) is 2.32. The summed E-state index contributed by atoms with van der Waals surface area (Å²) in [5.74, 6) is -2.89. The number of benzene rings is 1. The van der Waals surface area contributed by atoms with E-state index in [1.54, 1.807) is 0 Å². The van der Waals surface area contributed by atoms with Crippen LogP contribution in [0.5, 0.6) is 5.75 Å². The van der Waals surface area contributed by atoms with Crippen LogP contribution in [-0.2, 0) is 14.3 Å². The number of alkyl halides is 3. The molecule has 3 N–H and O–H groups in total. The highest BCUT2D eigenvalue weighted by Gasteiger charge is 2.68. The molecule has 2 heterocycles. The molecular formula is C23H26F4N2O6. The number of methoxy groups -OCH3 is 2. The topological polar surface area (TPSA) is 110 Å². The third kappa shape index (κ3) is 4.83. The summed E-state index contributed by atoms with van der Waals surface area (Å²) in [5.41, 5.74) is -2.44. The van der Waals surface area contributed by atoms with Crippen LogP contribution >= 0.6 is 0 Å². The molecule has 12 heteroatoms. The van der Waals surface area contributed by atoms with Gasteiger partial charge in [-0.2, -0.15) is 13.2 Å². The van der Waals surface area contributed by atoms with Crippen LogP contribution < -0.4 is 10.1 Å². The van der Waals surface area contributed by atoms with Crippen molar-refractivity contribution >= 4 is 11.6 Å². The van der Waals surface area contributed by atoms with E-state index < -0.39 is 54.3 Å². The van der Waals surface area contributed by atoms with Crippen molar-refractivity contribution in [3.05, 3.63) is 53.1 Å². The molecule has 0 unspecified atom stereocenters. The zero-order chi connectivity index (χ0) is 26.1. The second-order valence-corrected chi connectivity index (χ2v) is 8.28. The Morgan fingerprint density at radius 3 is 2.49 bits per heavy atom. The predicted molar refractivity (Wildman–Crippen MR) is 115 cm³/mol. The van der Waals surface area contributed by atoms with Crippen LogP contribution in [0.2, 0.25) is 0 Å². The number of carbonyl (C=O) groups is 1. The van der Waals surface area contributed by atoms with E-state index in [9.17, 15) is 27.5 Å². The summed E-state index contributed by atoms with van der Waals surface area (Å²) in [5, 5.41) is 21.1. The predicted octanol–water partition coefficient (Wildman–Crippen LogP) is 3.02. The summed E-state index contributed by atoms with van der Waals surface area (Å²) in [6.45, 7) is 1.63. The first-order valence-corrected chi connectivity index (χ1v) is 10.6. The number of hydrogen-bond acceptors (Lipinski definition) is 7. The Balaban J connectivity index is 2.05. The van der Waals surface area contributed by atoms with Crippen LogP contribution in [0, 0.1) is 12.7 Å². The van der Waals surface area contributed by atoms with Gasteiger partial charge in [0.1, 0.15) is 29.9 Å². The van der Waals surface area contributed by atoms with Crippen LogP contribution in [0.3, 0.4) is 0 Å². The minimum atomic E-state index is -4.91. The lowest BCUT2D eigenvalue weighted by Crippen LogP contribution is -2.51. The number of nitrogens with zero attached hydrogens (tertiary/aromatic N) is 1. The number of pyridine rings is 1. The number of ether oxygens (including phenoxy) is 3. The number of anilines is 1. The Morgan fingerprint density at radius 1 is 1.29 bits per heavy atom. The number of aliphatic hydroxyl groups excluding tert-OH is 2. The van der Waals surface area contributed by atoms with Crippen molar-refractivity contribution in [2.45, 2.75) is 49.9 Å². The summed E-state index contributed by atoms with van der Waals surface area (Å²) in [6.07, 6.45) is -8.33. The zero-order valence-corrected chi connectivity index (χ0v) is 19.4. The van der Waals surface area contributed by atoms with Crippen LogP contribution in [0.25, 0.3) is 0 Å². The average Bonchev–Trinajstić information content (AvgIpc) is 3.14. The molecule has 0 aliphatic carbocycles. The fourth-order valence-electron chi connectivity index (χ4n) is 4.25. The van der Waals surface area contributed by atoms with E-state index in [0.29, 0.717) is 0 Å². The molecule has 1 fully saturated rings. The number of halogens is 4. The SMILES string of the molecule is COc1c([C@H]2[C@H](C(=O)Nc3ccc([C@@H](O)CO)nc3)O[C@@](C)(C(F)(F)F)[C@H]2OC)ccc(F)c1C. The van der Waals surface area contributed by atoms with E-state index in [1.807, 2.05) is 0 Å². The van der Waals surface area contributed by atoms with Gasteiger partial charge in [-0.05, 0) is 32.0 Å². The molecule has 0 spiro atoms. The first kappa shape index (κ1) is 26.8. The van der Waals surface area contributed by atoms with Gasteiger partial charge in [-0.1, -0.05) is 6.07 Å². The van der Waals surface area contributed by atoms with E-state index in [2.05, 4.69) is 10.3 Å². The highest BCUT2D eigenvalue weighted by atomic mass is 19.4. The molecule has 0 radical (unpaired) electrons. The molecule has 5 atom stereocenters. The Labute approximate surface area is 198 Å². The number of hydrogen-bond donors (Lipinski definition) is 3. The molecule has 2 aromatic rings. The Morgan fingerprint density at radius 2 is 1.97 bits per heavy atom. The van der Waals surface area contributed by atoms with Crippen molar-refractivity contribution < 1.29 is 46.8 Å². The van der Waals surface area contributed by atoms with Crippen molar-refractivity contribution in [2.24, 2.45) is 0 Å². The third-order valence-electron chi connectivity index (χ3n) is 6.14. The average molecular weight is 502 g/mol. The normalized spacial score (nSPS) is 25.4. The van der Waals surface area contributed by atoms with E-state index in [4.69, 9.17) is 19.3 Å². The molecule has 192 valence electrons. The number of nitrogens with one attached hydrogen (secondary N) is 1. The molecule has 1 aromatic heterocycles. The van der Waals surface area contributed by atoms with Crippen molar-refractivity contribution in [1.82, 2.24) is 4.98 Å². The Hall–Kier alpha value is -2.80. The Kier molecular flexibility index (Phi) is 7.70. The minimum Gasteiger partial charge on any atom is -0.496 e. The molecule has 0 saturated carbocycles. The van der Waals surface area contributed by atoms with Gasteiger partial charge in [-0.15, -0.1) is 0 Å². The fourth-order valence-corrected chi connectivity index (χ4v) is 4.25. The number of aromatic nitrogens is 1. The maximum absolute atomic E-state index is 14.2. The lowest BCUT2D eigenvalue weighted by Gasteiger charge is -2.33. The van der Waals surface area contributed by atoms with E-state index >= 15 is 0 Å². The van der Waals surface area contributed by atoms with Gasteiger partial charge in [-0.25, -0.2) is 4.39 Å². The molecule has 1 aliphatic rings. The van der Waals surface area contributed by atoms with Gasteiger partial charge in [0.05, 0.1) is 37.2 Å². The van der Waals surface area contributed by atoms with Crippen LogP contribution in [0.1, 0.15) is 35.8 Å². The van der Waals surface area contributed by atoms with Crippen molar-refractivity contribution in [3.8, 4) is 5.75 Å². The summed E-state index contributed by atoms with van der Waals surface area (Å²) < 4.78 is 72.5. The smallest absolute Gasteiger partial charge is 0.419 e. The van der Waals surface area contributed by atoms with Gasteiger partial charge in [0, 0.05) is 18.2 Å². The van der Waals surface area contributed by atoms with Crippen LogP contribution in [0.15, 0.2) is 30.5 Å². The highest BCUT2D eigenvalue weighted by molar-refractivity contribution is 5.95. The number of aliphatic hydroxyl groups is 2. The summed E-state index contributed by atoms with van der Waals surface area (Å²) in [6, 6.07) is 5.03. The van der Waals surface area contributed by atoms with E-state index in [1.165, 1.54) is 38.4 Å². The van der Waals surface area contributed by atoms with Crippen molar-refractivity contribution in [1.29, 1.82) is 0 Å². The number of amides is 1. The molecule has 35 heavy (non-hydrogen) atoms. The summed E-state index contributed by atoms with van der Waals surface area (Å²) >= 11 is 0. The molecule has 0 bridgehead atoms. The van der Waals surface area contributed by atoms with Crippen LogP contribution in [-0.4, -0.2) is 65.9 Å². The van der Waals surface area contributed by atoms with E-state index in [0.717, 1.165) is 20.1 Å². The molecule has 8 nitrogen and oxygen atoms in total. The lowest BCUT2D eigenvalue weighted by atomic mass is 9.82. The first-order chi connectivity index (χ1) is 16.4. The standard InChI is InChI=1S/C23H26F4N2O6/c1-11-14(24)7-6-13(18(11)33-3)17-19(35-22(2,20(17)34-4)23(25,26)27)21(32)29-12-5-8-15(28-9-12)16(31)10-30/h5-9,16-17,19-20,30-31H,10H2,1-4H3,(H,29,32)/t16-,17-,19+,20-,22+/m0/s1. The maximum atomic E-state index is 14.2. The second kappa shape index (κ2) is 10.1. The lowest BCUT2D eigenvalue weighted by molar-refractivity contribution is -0.283. The molecular weight excluding hydrogens is 476 g/mol. The Bertz CT molecular complexity index is 1070. The largest absolute Gasteiger partial charge is 0.496 e. The molecule has 3 rings (SSSR count). The fraction of sp³-hybridized carbons (Fsp3) is 0.478. The molecule has 1 amide bonds. The summed E-state index contributed by atoms with van der Waals surface area (Å²) in [4.78, 5) is 17.1. The maximum Gasteiger partial charge on any atom is 0.419 e. The first-order valence-electron chi connectivity index (χ1n) is 10.6. The van der Waals surface area contributed by atoms with Crippen molar-refractivity contribution in [3.63, 3.8) is 0 Å². The molecule has 1 aromatic carbocycles. The molecule has 1 saturated heterocycles. The van der Waals surface area contributed by atoms with Gasteiger partial charge in [0.2, 0.25) is 0 Å².